The van der Waals surface area contributed by atoms with Crippen molar-refractivity contribution in [2.45, 2.75) is 44.4 Å². The molecule has 0 radical (unpaired) electrons. The van der Waals surface area contributed by atoms with Gasteiger partial charge in [-0.3, -0.25) is 4.79 Å². The number of carbonyl (C=O) groups excluding carboxylic acids is 1. The molecule has 27 heavy (non-hydrogen) atoms. The molecule has 2 heterocycles. The van der Waals surface area contributed by atoms with E-state index >= 15 is 0 Å². The van der Waals surface area contributed by atoms with E-state index in [0.717, 1.165) is 31.4 Å². The average molecular weight is 369 g/mol. The fourth-order valence-electron chi connectivity index (χ4n) is 4.05. The molecule has 3 nitrogen and oxygen atoms in total. The van der Waals surface area contributed by atoms with Crippen LogP contribution in [0.25, 0.3) is 5.57 Å². The summed E-state index contributed by atoms with van der Waals surface area (Å²) in [4.78, 5) is 14.9. The van der Waals surface area contributed by atoms with Crippen molar-refractivity contribution in [2.75, 3.05) is 0 Å². The summed E-state index contributed by atoms with van der Waals surface area (Å²) in [7, 11) is 0. The number of rotatable bonds is 4. The normalized spacial score (nSPS) is 22.3. The van der Waals surface area contributed by atoms with Crippen molar-refractivity contribution in [1.29, 1.82) is 0 Å². The van der Waals surface area contributed by atoms with Crippen LogP contribution in [0.1, 0.15) is 31.7 Å². The predicted octanol–water partition coefficient (Wildman–Crippen LogP) is 4.58. The molecule has 3 atom stereocenters. The van der Waals surface area contributed by atoms with Crippen LogP contribution in [-0.2, 0) is 4.79 Å². The third-order valence-electron chi connectivity index (χ3n) is 5.35. The van der Waals surface area contributed by atoms with Crippen molar-refractivity contribution in [1.82, 2.24) is 4.90 Å². The van der Waals surface area contributed by atoms with E-state index in [1.54, 1.807) is 6.92 Å². The van der Waals surface area contributed by atoms with Gasteiger partial charge < -0.3 is 9.64 Å². The SMILES string of the molecule is C[C@H](Oc1ccc(F)c(F)c1)C(=O)N1[C@@H]2CC[C@@H]1C=C(c1ccccc1)C2. The van der Waals surface area contributed by atoms with Gasteiger partial charge in [-0.1, -0.05) is 36.4 Å². The molecule has 140 valence electrons. The number of amides is 1. The van der Waals surface area contributed by atoms with Crippen molar-refractivity contribution in [3.63, 3.8) is 0 Å². The Hall–Kier alpha value is -2.69. The molecular formula is C22H21F2NO2. The van der Waals surface area contributed by atoms with Crippen LogP contribution >= 0.6 is 0 Å². The number of hydrogen-bond acceptors (Lipinski definition) is 2. The fraction of sp³-hybridized carbons (Fsp3) is 0.318. The number of carbonyl (C=O) groups is 1. The lowest BCUT2D eigenvalue weighted by Crippen LogP contribution is -2.48. The Morgan fingerprint density at radius 2 is 1.89 bits per heavy atom. The lowest BCUT2D eigenvalue weighted by molar-refractivity contribution is -0.140. The molecule has 1 saturated heterocycles. The predicted molar refractivity (Wildman–Crippen MR) is 99.1 cm³/mol. The molecule has 0 saturated carbocycles. The van der Waals surface area contributed by atoms with Crippen molar-refractivity contribution >= 4 is 11.5 Å². The number of hydrogen-bond donors (Lipinski definition) is 0. The lowest BCUT2D eigenvalue weighted by atomic mass is 9.94. The van der Waals surface area contributed by atoms with Gasteiger partial charge in [0.2, 0.25) is 0 Å². The highest BCUT2D eigenvalue weighted by molar-refractivity contribution is 5.84. The summed E-state index contributed by atoms with van der Waals surface area (Å²) in [5.74, 6) is -1.88. The molecule has 0 aromatic heterocycles. The molecule has 0 aliphatic carbocycles. The summed E-state index contributed by atoms with van der Waals surface area (Å²) in [6, 6.07) is 13.7. The zero-order chi connectivity index (χ0) is 19.0. The first-order valence-electron chi connectivity index (χ1n) is 9.23. The quantitative estimate of drug-likeness (QED) is 0.790. The summed E-state index contributed by atoms with van der Waals surface area (Å²) in [5.41, 5.74) is 2.48. The molecule has 0 unspecified atom stereocenters. The monoisotopic (exact) mass is 369 g/mol. The van der Waals surface area contributed by atoms with Gasteiger partial charge in [0.1, 0.15) is 5.75 Å². The maximum Gasteiger partial charge on any atom is 0.264 e. The van der Waals surface area contributed by atoms with E-state index in [-0.39, 0.29) is 23.7 Å². The van der Waals surface area contributed by atoms with Crippen LogP contribution in [0.3, 0.4) is 0 Å². The van der Waals surface area contributed by atoms with Gasteiger partial charge in [-0.05, 0) is 49.5 Å². The van der Waals surface area contributed by atoms with E-state index < -0.39 is 17.7 Å². The number of ether oxygens (including phenoxy) is 1. The molecule has 1 fully saturated rings. The zero-order valence-corrected chi connectivity index (χ0v) is 15.1. The van der Waals surface area contributed by atoms with E-state index in [2.05, 4.69) is 18.2 Å². The van der Waals surface area contributed by atoms with E-state index in [9.17, 15) is 13.6 Å². The Bertz CT molecular complexity index is 881. The molecule has 2 aromatic carbocycles. The maximum atomic E-state index is 13.4. The Morgan fingerprint density at radius 3 is 2.59 bits per heavy atom. The highest BCUT2D eigenvalue weighted by Crippen LogP contribution is 2.39. The van der Waals surface area contributed by atoms with Crippen LogP contribution in [0.2, 0.25) is 0 Å². The van der Waals surface area contributed by atoms with Crippen molar-refractivity contribution in [3.8, 4) is 5.75 Å². The first-order chi connectivity index (χ1) is 13.0. The number of nitrogens with zero attached hydrogens (tertiary/aromatic N) is 1. The minimum Gasteiger partial charge on any atom is -0.481 e. The smallest absolute Gasteiger partial charge is 0.264 e. The molecule has 4 rings (SSSR count). The largest absolute Gasteiger partial charge is 0.481 e. The van der Waals surface area contributed by atoms with Crippen LogP contribution in [0, 0.1) is 11.6 Å². The molecule has 2 aromatic rings. The molecule has 2 bridgehead atoms. The van der Waals surface area contributed by atoms with Crippen LogP contribution in [-0.4, -0.2) is 29.0 Å². The molecule has 2 aliphatic heterocycles. The van der Waals surface area contributed by atoms with Crippen LogP contribution in [0.4, 0.5) is 8.78 Å². The second-order valence-corrected chi connectivity index (χ2v) is 7.14. The van der Waals surface area contributed by atoms with E-state index in [0.29, 0.717) is 0 Å². The van der Waals surface area contributed by atoms with Gasteiger partial charge in [0.15, 0.2) is 17.7 Å². The lowest BCUT2D eigenvalue weighted by Gasteiger charge is -2.35. The van der Waals surface area contributed by atoms with Crippen molar-refractivity contribution in [2.24, 2.45) is 0 Å². The number of halogens is 2. The van der Waals surface area contributed by atoms with Gasteiger partial charge in [0.25, 0.3) is 5.91 Å². The number of benzene rings is 2. The van der Waals surface area contributed by atoms with E-state index in [1.807, 2.05) is 23.1 Å². The van der Waals surface area contributed by atoms with Gasteiger partial charge >= 0.3 is 0 Å². The Morgan fingerprint density at radius 1 is 1.11 bits per heavy atom. The second kappa shape index (κ2) is 7.14. The maximum absolute atomic E-state index is 13.4. The standard InChI is InChI=1S/C22H21F2NO2/c1-14(27-19-9-10-20(23)21(24)13-19)22(26)25-17-7-8-18(25)12-16(11-17)15-5-3-2-4-6-15/h2-6,9-11,13-14,17-18H,7-8,12H2,1H3/t14-,17+,18+/m0/s1. The zero-order valence-electron chi connectivity index (χ0n) is 15.1. The van der Waals surface area contributed by atoms with Gasteiger partial charge in [-0.15, -0.1) is 0 Å². The van der Waals surface area contributed by atoms with Gasteiger partial charge in [0, 0.05) is 12.1 Å². The summed E-state index contributed by atoms with van der Waals surface area (Å²) < 4.78 is 32.0. The average Bonchev–Trinajstić information content (AvgIpc) is 2.94. The third-order valence-corrected chi connectivity index (χ3v) is 5.35. The first kappa shape index (κ1) is 17.7. The minimum atomic E-state index is -0.986. The molecular weight excluding hydrogens is 348 g/mol. The summed E-state index contributed by atoms with van der Waals surface area (Å²) in [6.07, 6.45) is 4.14. The Labute approximate surface area is 157 Å². The van der Waals surface area contributed by atoms with E-state index in [1.165, 1.54) is 17.2 Å². The molecule has 0 spiro atoms. The Balaban J connectivity index is 1.49. The third kappa shape index (κ3) is 3.46. The van der Waals surface area contributed by atoms with Crippen LogP contribution in [0.15, 0.2) is 54.6 Å². The highest BCUT2D eigenvalue weighted by Gasteiger charge is 2.41. The van der Waals surface area contributed by atoms with Crippen LogP contribution < -0.4 is 4.74 Å². The van der Waals surface area contributed by atoms with Gasteiger partial charge in [0.05, 0.1) is 6.04 Å². The van der Waals surface area contributed by atoms with Crippen molar-refractivity contribution in [3.05, 3.63) is 71.8 Å². The van der Waals surface area contributed by atoms with E-state index in [4.69, 9.17) is 4.74 Å². The summed E-state index contributed by atoms with van der Waals surface area (Å²) in [6.45, 7) is 1.65. The number of fused-ring (bicyclic) bond motifs is 2. The van der Waals surface area contributed by atoms with Crippen molar-refractivity contribution < 1.29 is 18.3 Å². The topological polar surface area (TPSA) is 29.5 Å². The fourth-order valence-corrected chi connectivity index (χ4v) is 4.05. The summed E-state index contributed by atoms with van der Waals surface area (Å²) in [5, 5.41) is 0. The van der Waals surface area contributed by atoms with Gasteiger partial charge in [-0.25, -0.2) is 8.78 Å². The highest BCUT2D eigenvalue weighted by atomic mass is 19.2. The second-order valence-electron chi connectivity index (χ2n) is 7.14. The summed E-state index contributed by atoms with van der Waals surface area (Å²) >= 11 is 0. The molecule has 2 aliphatic rings. The Kier molecular flexibility index (Phi) is 4.68. The van der Waals surface area contributed by atoms with Gasteiger partial charge in [-0.2, -0.15) is 0 Å². The van der Waals surface area contributed by atoms with Crippen LogP contribution in [0.5, 0.6) is 5.75 Å². The minimum absolute atomic E-state index is 0.0578. The molecule has 5 heteroatoms. The molecule has 0 N–H and O–H groups in total. The first-order valence-corrected chi connectivity index (χ1v) is 9.23. The molecule has 1 amide bonds.